The van der Waals surface area contributed by atoms with Crippen LogP contribution in [0.25, 0.3) is 0 Å². The number of hydrogen-bond donors (Lipinski definition) is 1. The van der Waals surface area contributed by atoms with Gasteiger partial charge in [-0.3, -0.25) is 0 Å². The van der Waals surface area contributed by atoms with Gasteiger partial charge in [0.05, 0.1) is 19.6 Å². The molecule has 0 unspecified atom stereocenters. The van der Waals surface area contributed by atoms with Crippen molar-refractivity contribution in [1.82, 2.24) is 9.97 Å². The van der Waals surface area contributed by atoms with Crippen LogP contribution in [0, 0.1) is 11.3 Å². The summed E-state index contributed by atoms with van der Waals surface area (Å²) >= 11 is 0. The van der Waals surface area contributed by atoms with Crippen LogP contribution in [-0.4, -0.2) is 37.2 Å². The summed E-state index contributed by atoms with van der Waals surface area (Å²) in [6, 6.07) is 2.11. The molecule has 6 heteroatoms. The van der Waals surface area contributed by atoms with Crippen molar-refractivity contribution in [3.8, 4) is 11.8 Å². The molecule has 0 saturated carbocycles. The number of ether oxygens (including phenoxy) is 1. The highest BCUT2D eigenvalue weighted by atomic mass is 16.5. The number of hydrogen-bond acceptors (Lipinski definition) is 6. The summed E-state index contributed by atoms with van der Waals surface area (Å²) in [5.41, 5.74) is 0. The maximum absolute atomic E-state index is 8.61. The van der Waals surface area contributed by atoms with E-state index in [0.717, 1.165) is 13.0 Å². The summed E-state index contributed by atoms with van der Waals surface area (Å²) in [6.07, 6.45) is 2.95. The Morgan fingerprint density at radius 2 is 2.28 bits per heavy atom. The average molecular weight is 249 g/mol. The molecular formula is C12H19N5O. The molecule has 6 nitrogen and oxygen atoms in total. The first-order valence-electron chi connectivity index (χ1n) is 5.95. The highest BCUT2D eigenvalue weighted by Gasteiger charge is 2.14. The molecule has 18 heavy (non-hydrogen) atoms. The standard InChI is InChI=1S/C12H19N5O/c1-4-7-14-11-10(18-3)12(16-9-15-11)17(2)8-5-6-13/h9H,4-5,7-8H2,1-3H3,(H,14,15,16). The molecular weight excluding hydrogens is 230 g/mol. The normalized spacial score (nSPS) is 9.67. The Morgan fingerprint density at radius 3 is 2.89 bits per heavy atom. The van der Waals surface area contributed by atoms with Gasteiger partial charge in [-0.1, -0.05) is 6.92 Å². The second-order valence-electron chi connectivity index (χ2n) is 3.84. The van der Waals surface area contributed by atoms with Crippen LogP contribution in [0.3, 0.4) is 0 Å². The zero-order valence-corrected chi connectivity index (χ0v) is 11.1. The summed E-state index contributed by atoms with van der Waals surface area (Å²) in [4.78, 5) is 10.3. The van der Waals surface area contributed by atoms with E-state index < -0.39 is 0 Å². The number of nitrogens with one attached hydrogen (secondary N) is 1. The zero-order valence-electron chi connectivity index (χ0n) is 11.1. The number of aromatic nitrogens is 2. The molecule has 0 amide bonds. The van der Waals surface area contributed by atoms with E-state index in [1.165, 1.54) is 6.33 Å². The summed E-state index contributed by atoms with van der Waals surface area (Å²) in [5, 5.41) is 11.8. The smallest absolute Gasteiger partial charge is 0.204 e. The van der Waals surface area contributed by atoms with Crippen molar-refractivity contribution < 1.29 is 4.74 Å². The number of anilines is 2. The molecule has 0 spiro atoms. The molecule has 0 aliphatic heterocycles. The maximum Gasteiger partial charge on any atom is 0.204 e. The van der Waals surface area contributed by atoms with Crippen LogP contribution in [0.1, 0.15) is 19.8 Å². The van der Waals surface area contributed by atoms with Gasteiger partial charge in [0, 0.05) is 20.1 Å². The minimum Gasteiger partial charge on any atom is -0.490 e. The van der Waals surface area contributed by atoms with Crippen molar-refractivity contribution in [1.29, 1.82) is 5.26 Å². The molecule has 1 aromatic heterocycles. The molecule has 0 saturated heterocycles. The number of methoxy groups -OCH3 is 1. The lowest BCUT2D eigenvalue weighted by Crippen LogP contribution is -2.21. The first kappa shape index (κ1) is 14.0. The van der Waals surface area contributed by atoms with Gasteiger partial charge in [0.1, 0.15) is 6.33 Å². The monoisotopic (exact) mass is 249 g/mol. The van der Waals surface area contributed by atoms with Crippen molar-refractivity contribution in [3.63, 3.8) is 0 Å². The Kier molecular flexibility index (Phi) is 5.71. The molecule has 0 aliphatic rings. The van der Waals surface area contributed by atoms with Crippen molar-refractivity contribution in [2.75, 3.05) is 37.5 Å². The first-order chi connectivity index (χ1) is 8.74. The van der Waals surface area contributed by atoms with E-state index in [0.29, 0.717) is 30.4 Å². The molecule has 0 bridgehead atoms. The Bertz CT molecular complexity index is 415. The maximum atomic E-state index is 8.61. The molecule has 0 aromatic carbocycles. The molecule has 0 radical (unpaired) electrons. The van der Waals surface area contributed by atoms with Crippen LogP contribution < -0.4 is 15.0 Å². The fourth-order valence-corrected chi connectivity index (χ4v) is 1.52. The first-order valence-corrected chi connectivity index (χ1v) is 5.95. The van der Waals surface area contributed by atoms with Crippen molar-refractivity contribution in [2.24, 2.45) is 0 Å². The topological polar surface area (TPSA) is 74.1 Å². The van der Waals surface area contributed by atoms with Crippen LogP contribution in [0.5, 0.6) is 5.75 Å². The van der Waals surface area contributed by atoms with Crippen LogP contribution in [0.2, 0.25) is 0 Å². The van der Waals surface area contributed by atoms with Gasteiger partial charge in [-0.25, -0.2) is 9.97 Å². The summed E-state index contributed by atoms with van der Waals surface area (Å²) in [7, 11) is 3.48. The molecule has 0 fully saturated rings. The zero-order chi connectivity index (χ0) is 13.4. The van der Waals surface area contributed by atoms with E-state index in [1.807, 2.05) is 11.9 Å². The fraction of sp³-hybridized carbons (Fsp3) is 0.583. The van der Waals surface area contributed by atoms with Gasteiger partial charge in [0.25, 0.3) is 0 Å². The Morgan fingerprint density at radius 1 is 1.50 bits per heavy atom. The molecule has 1 rings (SSSR count). The molecule has 1 heterocycles. The lowest BCUT2D eigenvalue weighted by molar-refractivity contribution is 0.412. The SMILES string of the molecule is CCCNc1ncnc(N(C)CCC#N)c1OC. The van der Waals surface area contributed by atoms with Crippen LogP contribution >= 0.6 is 0 Å². The summed E-state index contributed by atoms with van der Waals surface area (Å²) in [6.45, 7) is 3.52. The second kappa shape index (κ2) is 7.33. The van der Waals surface area contributed by atoms with E-state index in [-0.39, 0.29) is 0 Å². The van der Waals surface area contributed by atoms with E-state index in [4.69, 9.17) is 10.00 Å². The minimum absolute atomic E-state index is 0.446. The van der Waals surface area contributed by atoms with Gasteiger partial charge in [0.15, 0.2) is 11.6 Å². The Balaban J connectivity index is 2.93. The van der Waals surface area contributed by atoms with Gasteiger partial charge in [-0.15, -0.1) is 0 Å². The average Bonchev–Trinajstić information content (AvgIpc) is 2.41. The number of nitrogens with zero attached hydrogens (tertiary/aromatic N) is 4. The van der Waals surface area contributed by atoms with Crippen LogP contribution in [0.15, 0.2) is 6.33 Å². The molecule has 1 aromatic rings. The van der Waals surface area contributed by atoms with E-state index in [9.17, 15) is 0 Å². The van der Waals surface area contributed by atoms with E-state index in [2.05, 4.69) is 28.3 Å². The van der Waals surface area contributed by atoms with E-state index >= 15 is 0 Å². The largest absolute Gasteiger partial charge is 0.490 e. The highest BCUT2D eigenvalue weighted by Crippen LogP contribution is 2.31. The van der Waals surface area contributed by atoms with Crippen molar-refractivity contribution in [2.45, 2.75) is 19.8 Å². The summed E-state index contributed by atoms with van der Waals surface area (Å²) < 4.78 is 5.36. The predicted octanol–water partition coefficient (Wildman–Crippen LogP) is 1.66. The predicted molar refractivity (Wildman–Crippen MR) is 70.9 cm³/mol. The quantitative estimate of drug-likeness (QED) is 0.792. The van der Waals surface area contributed by atoms with Crippen LogP contribution in [0.4, 0.5) is 11.6 Å². The van der Waals surface area contributed by atoms with E-state index in [1.54, 1.807) is 7.11 Å². The van der Waals surface area contributed by atoms with Crippen molar-refractivity contribution in [3.05, 3.63) is 6.33 Å². The van der Waals surface area contributed by atoms with Gasteiger partial charge >= 0.3 is 0 Å². The molecule has 0 aliphatic carbocycles. The van der Waals surface area contributed by atoms with Gasteiger partial charge in [-0.05, 0) is 6.42 Å². The summed E-state index contributed by atoms with van der Waals surface area (Å²) in [5.74, 6) is 2.00. The third-order valence-corrected chi connectivity index (χ3v) is 2.45. The molecule has 98 valence electrons. The van der Waals surface area contributed by atoms with Crippen molar-refractivity contribution >= 4 is 11.6 Å². The highest BCUT2D eigenvalue weighted by molar-refractivity contribution is 5.64. The number of nitriles is 1. The molecule has 1 N–H and O–H groups in total. The van der Waals surface area contributed by atoms with Gasteiger partial charge < -0.3 is 15.0 Å². The molecule has 0 atom stereocenters. The third-order valence-electron chi connectivity index (χ3n) is 2.45. The number of rotatable bonds is 7. The lowest BCUT2D eigenvalue weighted by atomic mass is 10.3. The third kappa shape index (κ3) is 3.48. The Labute approximate surface area is 108 Å². The second-order valence-corrected chi connectivity index (χ2v) is 3.84. The lowest BCUT2D eigenvalue weighted by Gasteiger charge is -2.20. The van der Waals surface area contributed by atoms with Gasteiger partial charge in [-0.2, -0.15) is 5.26 Å². The minimum atomic E-state index is 0.446. The fourth-order valence-electron chi connectivity index (χ4n) is 1.52. The Hall–Kier alpha value is -2.03. The van der Waals surface area contributed by atoms with Gasteiger partial charge in [0.2, 0.25) is 5.75 Å². The van der Waals surface area contributed by atoms with Crippen LogP contribution in [-0.2, 0) is 0 Å².